The molecule has 4 nitrogen and oxygen atoms in total. The van der Waals surface area contributed by atoms with Gasteiger partial charge in [-0.1, -0.05) is 29.3 Å². The summed E-state index contributed by atoms with van der Waals surface area (Å²) in [6.45, 7) is 8.16. The summed E-state index contributed by atoms with van der Waals surface area (Å²) in [7, 11) is 0. The van der Waals surface area contributed by atoms with E-state index >= 15 is 0 Å². The number of carbonyl (C=O) groups is 2. The molecule has 23 heavy (non-hydrogen) atoms. The molecule has 0 aliphatic carbocycles. The first-order valence-corrected chi connectivity index (χ1v) is 7.86. The second-order valence-corrected chi connectivity index (χ2v) is 6.15. The third kappa shape index (κ3) is 3.32. The molecule has 0 saturated heterocycles. The Labute approximate surface area is 140 Å². The third-order valence-corrected chi connectivity index (χ3v) is 4.25. The van der Waals surface area contributed by atoms with E-state index in [-0.39, 0.29) is 12.2 Å². The quantitative estimate of drug-likeness (QED) is 0.843. The average molecular weight is 334 g/mol. The summed E-state index contributed by atoms with van der Waals surface area (Å²) in [5.41, 5.74) is 4.48. The molecule has 1 heterocycles. The summed E-state index contributed by atoms with van der Waals surface area (Å²) in [4.78, 5) is 24.0. The van der Waals surface area contributed by atoms with E-state index in [1.165, 1.54) is 0 Å². The van der Waals surface area contributed by atoms with Crippen LogP contribution in [0.2, 0.25) is 5.02 Å². The van der Waals surface area contributed by atoms with Gasteiger partial charge in [-0.3, -0.25) is 9.59 Å². The maximum Gasteiger partial charge on any atom is 0.309 e. The third-order valence-electron chi connectivity index (χ3n) is 3.93. The van der Waals surface area contributed by atoms with E-state index < -0.39 is 5.97 Å². The van der Waals surface area contributed by atoms with Crippen molar-refractivity contribution >= 4 is 23.4 Å². The summed E-state index contributed by atoms with van der Waals surface area (Å²) >= 11 is 6.17. The number of benzene rings is 1. The van der Waals surface area contributed by atoms with E-state index in [1.54, 1.807) is 10.6 Å². The minimum absolute atomic E-state index is 0.125. The van der Waals surface area contributed by atoms with Crippen LogP contribution in [0.25, 0.3) is 0 Å². The van der Waals surface area contributed by atoms with E-state index in [4.69, 9.17) is 16.7 Å². The van der Waals surface area contributed by atoms with Gasteiger partial charge in [0.2, 0.25) is 5.78 Å². The number of halogens is 1. The molecule has 122 valence electrons. The van der Waals surface area contributed by atoms with Crippen LogP contribution in [-0.4, -0.2) is 21.4 Å². The first-order chi connectivity index (χ1) is 10.8. The second kappa shape index (κ2) is 6.59. The highest BCUT2D eigenvalue weighted by molar-refractivity contribution is 6.32. The predicted molar refractivity (Wildman–Crippen MR) is 90.5 cm³/mol. The van der Waals surface area contributed by atoms with Gasteiger partial charge in [0.1, 0.15) is 0 Å². The number of hydrogen-bond acceptors (Lipinski definition) is 2. The molecular formula is C18H20ClNO3. The van der Waals surface area contributed by atoms with Crippen molar-refractivity contribution in [2.24, 2.45) is 0 Å². The van der Waals surface area contributed by atoms with Crippen LogP contribution >= 0.6 is 11.6 Å². The van der Waals surface area contributed by atoms with E-state index in [1.807, 2.05) is 39.8 Å². The van der Waals surface area contributed by atoms with Crippen LogP contribution in [0.15, 0.2) is 18.2 Å². The van der Waals surface area contributed by atoms with Crippen molar-refractivity contribution in [3.8, 4) is 0 Å². The molecule has 0 aliphatic rings. The molecule has 1 aromatic heterocycles. The Morgan fingerprint density at radius 3 is 2.17 bits per heavy atom. The normalized spacial score (nSPS) is 10.8. The largest absolute Gasteiger partial charge is 0.481 e. The molecule has 5 heteroatoms. The van der Waals surface area contributed by atoms with Crippen LogP contribution in [0.3, 0.4) is 0 Å². The lowest BCUT2D eigenvalue weighted by molar-refractivity contribution is -0.136. The summed E-state index contributed by atoms with van der Waals surface area (Å²) in [6, 6.07) is 5.52. The lowest BCUT2D eigenvalue weighted by Gasteiger charge is -2.13. The molecule has 0 spiro atoms. The molecule has 2 aromatic rings. The van der Waals surface area contributed by atoms with Crippen molar-refractivity contribution in [1.82, 2.24) is 4.57 Å². The molecule has 0 unspecified atom stereocenters. The van der Waals surface area contributed by atoms with Gasteiger partial charge in [-0.25, -0.2) is 0 Å². The van der Waals surface area contributed by atoms with Crippen LogP contribution in [0.5, 0.6) is 0 Å². The molecule has 0 amide bonds. The molecule has 0 radical (unpaired) electrons. The molecular weight excluding hydrogens is 314 g/mol. The van der Waals surface area contributed by atoms with Crippen LogP contribution in [0, 0.1) is 20.8 Å². The van der Waals surface area contributed by atoms with Gasteiger partial charge in [0.15, 0.2) is 0 Å². The highest BCUT2D eigenvalue weighted by atomic mass is 35.5. The first-order valence-electron chi connectivity index (χ1n) is 7.48. The van der Waals surface area contributed by atoms with E-state index in [0.717, 1.165) is 16.7 Å². The Bertz CT molecular complexity index is 767. The molecule has 0 saturated carbocycles. The molecule has 0 atom stereocenters. The minimum atomic E-state index is -0.971. The number of carboxylic acids is 1. The van der Waals surface area contributed by atoms with Crippen LogP contribution in [0.4, 0.5) is 0 Å². The van der Waals surface area contributed by atoms with Gasteiger partial charge in [-0.15, -0.1) is 0 Å². The van der Waals surface area contributed by atoms with Gasteiger partial charge in [0.05, 0.1) is 17.1 Å². The number of carboxylic acid groups (broad SMARTS) is 1. The van der Waals surface area contributed by atoms with Gasteiger partial charge < -0.3 is 9.67 Å². The van der Waals surface area contributed by atoms with Crippen LogP contribution in [0.1, 0.15) is 45.4 Å². The molecule has 1 N–H and O–H groups in total. The topological polar surface area (TPSA) is 59.3 Å². The zero-order valence-corrected chi connectivity index (χ0v) is 14.5. The average Bonchev–Trinajstić information content (AvgIpc) is 2.73. The maximum absolute atomic E-state index is 13.0. The lowest BCUT2D eigenvalue weighted by Crippen LogP contribution is -2.15. The minimum Gasteiger partial charge on any atom is -0.481 e. The zero-order valence-electron chi connectivity index (χ0n) is 13.7. The van der Waals surface area contributed by atoms with Gasteiger partial charge in [0.25, 0.3) is 0 Å². The first kappa shape index (κ1) is 17.3. The van der Waals surface area contributed by atoms with Gasteiger partial charge >= 0.3 is 5.97 Å². The molecule has 0 bridgehead atoms. The van der Waals surface area contributed by atoms with Crippen molar-refractivity contribution in [3.63, 3.8) is 0 Å². The van der Waals surface area contributed by atoms with Crippen LogP contribution < -0.4 is 0 Å². The fourth-order valence-corrected chi connectivity index (χ4v) is 3.37. The lowest BCUT2D eigenvalue weighted by atomic mass is 9.95. The number of aryl methyl sites for hydroxylation is 3. The molecule has 2 rings (SSSR count). The number of nitrogens with zero attached hydrogens (tertiary/aromatic N) is 1. The van der Waals surface area contributed by atoms with Crippen molar-refractivity contribution in [3.05, 3.63) is 56.9 Å². The fourth-order valence-electron chi connectivity index (χ4n) is 3.09. The summed E-state index contributed by atoms with van der Waals surface area (Å²) in [6.07, 6.45) is -0.203. The van der Waals surface area contributed by atoms with Crippen molar-refractivity contribution < 1.29 is 14.7 Å². The van der Waals surface area contributed by atoms with Crippen molar-refractivity contribution in [1.29, 1.82) is 0 Å². The number of rotatable bonds is 5. The predicted octanol–water partition coefficient (Wildman–Crippen LogP) is 3.94. The molecule has 1 aromatic carbocycles. The maximum atomic E-state index is 13.0. The fraction of sp³-hybridized carbons (Fsp3) is 0.333. The monoisotopic (exact) mass is 333 g/mol. The summed E-state index contributed by atoms with van der Waals surface area (Å²) in [5, 5.41) is 9.36. The number of hydrogen-bond donors (Lipinski definition) is 1. The highest BCUT2D eigenvalue weighted by Gasteiger charge is 2.23. The van der Waals surface area contributed by atoms with E-state index in [0.29, 0.717) is 28.5 Å². The number of aromatic nitrogens is 1. The number of aliphatic carboxylic acids is 1. The summed E-state index contributed by atoms with van der Waals surface area (Å²) in [5.74, 6) is -1.10. The molecule has 0 aliphatic heterocycles. The van der Waals surface area contributed by atoms with Gasteiger partial charge in [-0.05, 0) is 44.9 Å². The van der Waals surface area contributed by atoms with E-state index in [9.17, 15) is 9.59 Å². The van der Waals surface area contributed by atoms with Crippen molar-refractivity contribution in [2.45, 2.75) is 40.7 Å². The zero-order chi connectivity index (χ0) is 17.3. The van der Waals surface area contributed by atoms with E-state index in [2.05, 4.69) is 0 Å². The number of carbonyl (C=O) groups excluding carboxylic acids is 1. The second-order valence-electron chi connectivity index (χ2n) is 5.74. The Morgan fingerprint density at radius 1 is 1.13 bits per heavy atom. The number of ketones is 1. The Balaban J connectivity index is 2.59. The van der Waals surface area contributed by atoms with Crippen molar-refractivity contribution in [2.75, 3.05) is 0 Å². The Kier molecular flexibility index (Phi) is 4.95. The van der Waals surface area contributed by atoms with Crippen LogP contribution in [-0.2, 0) is 17.8 Å². The Hall–Kier alpha value is -2.07. The van der Waals surface area contributed by atoms with Gasteiger partial charge in [-0.2, -0.15) is 0 Å². The SMILES string of the molecule is CCn1c(C(=O)c2c(C)cc(C)cc2C)cc(Cl)c1CC(=O)O. The smallest absolute Gasteiger partial charge is 0.309 e. The highest BCUT2D eigenvalue weighted by Crippen LogP contribution is 2.27. The molecule has 0 fully saturated rings. The van der Waals surface area contributed by atoms with Gasteiger partial charge in [0, 0.05) is 17.8 Å². The summed E-state index contributed by atoms with van der Waals surface area (Å²) < 4.78 is 1.69. The Morgan fingerprint density at radius 2 is 1.70 bits per heavy atom. The standard InChI is InChI=1S/C18H20ClNO3/c1-5-20-14(9-16(21)22)13(19)8-15(20)18(23)17-11(3)6-10(2)7-12(17)4/h6-8H,5,9H2,1-4H3,(H,21,22).